The third-order valence-electron chi connectivity index (χ3n) is 5.37. The zero-order valence-corrected chi connectivity index (χ0v) is 16.3. The van der Waals surface area contributed by atoms with Gasteiger partial charge in [-0.1, -0.05) is 32.0 Å². The van der Waals surface area contributed by atoms with Gasteiger partial charge in [0.2, 0.25) is 5.91 Å². The zero-order valence-electron chi connectivity index (χ0n) is 16.3. The van der Waals surface area contributed by atoms with Crippen LogP contribution in [0.5, 0.6) is 0 Å². The number of Topliss-reactive ketones (excluding diaryl/α,β-unsaturated/α-hetero) is 1. The van der Waals surface area contributed by atoms with Crippen molar-refractivity contribution in [2.75, 3.05) is 13.2 Å². The number of nitrogens with one attached hydrogen (secondary N) is 1. The first-order valence-corrected chi connectivity index (χ1v) is 9.73. The first-order chi connectivity index (χ1) is 13.8. The van der Waals surface area contributed by atoms with E-state index in [9.17, 15) is 18.8 Å². The second-order valence-corrected chi connectivity index (χ2v) is 8.00. The van der Waals surface area contributed by atoms with Gasteiger partial charge in [-0.3, -0.25) is 14.4 Å². The van der Waals surface area contributed by atoms with Gasteiger partial charge in [0, 0.05) is 5.39 Å². The second-order valence-electron chi connectivity index (χ2n) is 8.00. The lowest BCUT2D eigenvalue weighted by Gasteiger charge is -2.28. The number of hydrogen-bond acceptors (Lipinski definition) is 5. The number of carbonyl (C=O) groups is 3. The maximum absolute atomic E-state index is 14.3. The van der Waals surface area contributed by atoms with E-state index in [2.05, 4.69) is 5.32 Å². The van der Waals surface area contributed by atoms with Gasteiger partial charge in [0.15, 0.2) is 11.5 Å². The molecule has 2 aliphatic rings. The summed E-state index contributed by atoms with van der Waals surface area (Å²) < 4.78 is 25.0. The van der Waals surface area contributed by atoms with Gasteiger partial charge in [0.1, 0.15) is 36.5 Å². The molecule has 154 valence electrons. The monoisotopic (exact) mass is 402 g/mol. The summed E-state index contributed by atoms with van der Waals surface area (Å²) >= 11 is 0. The molecular weight excluding hydrogens is 379 g/mol. The number of furan rings is 1. The van der Waals surface area contributed by atoms with Crippen molar-refractivity contribution in [2.24, 2.45) is 5.92 Å². The molecule has 2 amide bonds. The molecule has 0 radical (unpaired) electrons. The van der Waals surface area contributed by atoms with Crippen LogP contribution in [0.2, 0.25) is 0 Å². The maximum atomic E-state index is 14.3. The van der Waals surface area contributed by atoms with Crippen LogP contribution in [0.15, 0.2) is 34.7 Å². The number of likely N-dealkylation sites (tertiary alicyclic amines) is 1. The van der Waals surface area contributed by atoms with Crippen molar-refractivity contribution >= 4 is 28.6 Å². The van der Waals surface area contributed by atoms with E-state index in [4.69, 9.17) is 9.15 Å². The molecular formula is C21H23FN2O5. The van der Waals surface area contributed by atoms with E-state index in [0.29, 0.717) is 12.0 Å². The van der Waals surface area contributed by atoms with Gasteiger partial charge in [-0.25, -0.2) is 4.39 Å². The highest BCUT2D eigenvalue weighted by Crippen LogP contribution is 2.30. The molecule has 8 heteroatoms. The van der Waals surface area contributed by atoms with Crippen molar-refractivity contribution in [2.45, 2.75) is 44.6 Å². The molecule has 0 saturated carbocycles. The Morgan fingerprint density at radius 3 is 2.79 bits per heavy atom. The summed E-state index contributed by atoms with van der Waals surface area (Å²) in [7, 11) is 0. The number of rotatable bonds is 5. The number of fused-ring (bicyclic) bond motifs is 2. The van der Waals surface area contributed by atoms with E-state index in [1.807, 2.05) is 26.0 Å². The molecule has 4 rings (SSSR count). The molecule has 0 spiro atoms. The van der Waals surface area contributed by atoms with Gasteiger partial charge in [-0.2, -0.15) is 0 Å². The lowest BCUT2D eigenvalue weighted by Crippen LogP contribution is -2.52. The Labute approximate surface area is 167 Å². The fraction of sp³-hybridized carbons (Fsp3) is 0.476. The van der Waals surface area contributed by atoms with E-state index >= 15 is 0 Å². The number of ether oxygens (including phenoxy) is 1. The van der Waals surface area contributed by atoms with Crippen molar-refractivity contribution in [1.82, 2.24) is 10.2 Å². The van der Waals surface area contributed by atoms with Crippen LogP contribution >= 0.6 is 0 Å². The second kappa shape index (κ2) is 7.59. The highest BCUT2D eigenvalue weighted by atomic mass is 19.1. The number of amides is 2. The molecule has 2 aromatic rings. The van der Waals surface area contributed by atoms with E-state index in [1.54, 1.807) is 18.2 Å². The van der Waals surface area contributed by atoms with Crippen LogP contribution in [0, 0.1) is 5.92 Å². The van der Waals surface area contributed by atoms with Crippen LogP contribution in [-0.2, 0) is 14.3 Å². The molecule has 29 heavy (non-hydrogen) atoms. The minimum Gasteiger partial charge on any atom is -0.451 e. The van der Waals surface area contributed by atoms with E-state index in [0.717, 1.165) is 5.39 Å². The lowest BCUT2D eigenvalue weighted by atomic mass is 10.0. The van der Waals surface area contributed by atoms with Gasteiger partial charge >= 0.3 is 0 Å². The third-order valence-corrected chi connectivity index (χ3v) is 5.37. The number of carbonyl (C=O) groups excluding carboxylic acids is 3. The number of para-hydroxylation sites is 1. The maximum Gasteiger partial charge on any atom is 0.287 e. The Hall–Kier alpha value is -2.74. The van der Waals surface area contributed by atoms with Gasteiger partial charge in [0.25, 0.3) is 5.91 Å². The predicted octanol–water partition coefficient (Wildman–Crippen LogP) is 2.09. The first kappa shape index (κ1) is 19.6. The van der Waals surface area contributed by atoms with Crippen molar-refractivity contribution in [1.29, 1.82) is 0 Å². The average molecular weight is 402 g/mol. The van der Waals surface area contributed by atoms with Crippen molar-refractivity contribution in [3.8, 4) is 0 Å². The van der Waals surface area contributed by atoms with Crippen LogP contribution < -0.4 is 5.32 Å². The van der Waals surface area contributed by atoms with Crippen LogP contribution in [0.25, 0.3) is 11.0 Å². The molecule has 2 fully saturated rings. The molecule has 1 aromatic heterocycles. The number of ketones is 1. The molecule has 7 nitrogen and oxygen atoms in total. The molecule has 3 heterocycles. The standard InChI is InChI=1S/C21H23FN2O5/c1-11(2)7-14(21(27)24-9-13(22)19-18(24)15(25)10-28-19)23-20(26)17-8-12-5-3-4-6-16(12)29-17/h3-6,8,11,13-14,18-19H,7,9-10H2,1-2H3,(H,23,26)/t13-,14+,18-,19-/m1/s1. The predicted molar refractivity (Wildman–Crippen MR) is 102 cm³/mol. The number of halogens is 1. The third kappa shape index (κ3) is 3.64. The molecule has 2 aliphatic heterocycles. The van der Waals surface area contributed by atoms with E-state index in [1.165, 1.54) is 4.90 Å². The normalized spacial score (nSPS) is 24.9. The van der Waals surface area contributed by atoms with Gasteiger partial charge in [0.05, 0.1) is 6.54 Å². The Morgan fingerprint density at radius 2 is 2.07 bits per heavy atom. The van der Waals surface area contributed by atoms with Gasteiger partial charge in [-0.05, 0) is 24.5 Å². The van der Waals surface area contributed by atoms with Crippen molar-refractivity contribution in [3.05, 3.63) is 36.1 Å². The Balaban J connectivity index is 1.54. The van der Waals surface area contributed by atoms with Crippen LogP contribution in [0.1, 0.15) is 30.8 Å². The number of benzene rings is 1. The summed E-state index contributed by atoms with van der Waals surface area (Å²) in [5.41, 5.74) is 0.570. The largest absolute Gasteiger partial charge is 0.451 e. The van der Waals surface area contributed by atoms with Crippen LogP contribution in [0.4, 0.5) is 4.39 Å². The molecule has 1 N–H and O–H groups in total. The molecule has 0 bridgehead atoms. The molecule has 1 aromatic carbocycles. The van der Waals surface area contributed by atoms with E-state index < -0.39 is 36.2 Å². The van der Waals surface area contributed by atoms with Crippen LogP contribution in [-0.4, -0.2) is 60.0 Å². The van der Waals surface area contributed by atoms with Gasteiger partial charge < -0.3 is 19.4 Å². The molecule has 4 atom stereocenters. The summed E-state index contributed by atoms with van der Waals surface area (Å²) in [5, 5.41) is 3.49. The molecule has 2 saturated heterocycles. The Kier molecular flexibility index (Phi) is 5.12. The fourth-order valence-corrected chi connectivity index (χ4v) is 4.04. The Bertz CT molecular complexity index is 922. The molecule has 0 aliphatic carbocycles. The van der Waals surface area contributed by atoms with Crippen molar-refractivity contribution in [3.63, 3.8) is 0 Å². The summed E-state index contributed by atoms with van der Waals surface area (Å²) in [6, 6.07) is 7.01. The lowest BCUT2D eigenvalue weighted by molar-refractivity contribution is -0.138. The summed E-state index contributed by atoms with van der Waals surface area (Å²) in [6.45, 7) is 3.43. The van der Waals surface area contributed by atoms with Crippen molar-refractivity contribution < 1.29 is 27.9 Å². The highest BCUT2D eigenvalue weighted by Gasteiger charge is 2.53. The number of hydrogen-bond donors (Lipinski definition) is 1. The summed E-state index contributed by atoms with van der Waals surface area (Å²) in [5.74, 6) is -1.12. The minimum absolute atomic E-state index is 0.0926. The molecule has 0 unspecified atom stereocenters. The topological polar surface area (TPSA) is 88.8 Å². The Morgan fingerprint density at radius 1 is 1.31 bits per heavy atom. The quantitative estimate of drug-likeness (QED) is 0.827. The minimum atomic E-state index is -1.42. The van der Waals surface area contributed by atoms with E-state index in [-0.39, 0.29) is 30.6 Å². The fourth-order valence-electron chi connectivity index (χ4n) is 4.04. The average Bonchev–Trinajstić information content (AvgIpc) is 3.36. The smallest absolute Gasteiger partial charge is 0.287 e. The number of nitrogens with zero attached hydrogens (tertiary/aromatic N) is 1. The first-order valence-electron chi connectivity index (χ1n) is 9.73. The number of alkyl halides is 1. The highest BCUT2D eigenvalue weighted by molar-refractivity contribution is 6.00. The van der Waals surface area contributed by atoms with Crippen LogP contribution in [0.3, 0.4) is 0 Å². The van der Waals surface area contributed by atoms with Gasteiger partial charge in [-0.15, -0.1) is 0 Å². The SMILES string of the molecule is CC(C)C[C@H](NC(=O)c1cc2ccccc2o1)C(=O)N1C[C@@H](F)[C@H]2OCC(=O)[C@H]21. The summed E-state index contributed by atoms with van der Waals surface area (Å²) in [4.78, 5) is 39.2. The zero-order chi connectivity index (χ0) is 20.7. The summed E-state index contributed by atoms with van der Waals surface area (Å²) in [6.07, 6.45) is -1.98.